The van der Waals surface area contributed by atoms with Crippen molar-refractivity contribution >= 4 is 45.5 Å². The van der Waals surface area contributed by atoms with Gasteiger partial charge in [-0.25, -0.2) is 9.00 Å². The Balaban J connectivity index is 3.13. The molecule has 0 fully saturated rings. The first-order chi connectivity index (χ1) is 8.65. The van der Waals surface area contributed by atoms with Gasteiger partial charge in [0.05, 0.1) is 21.2 Å². The van der Waals surface area contributed by atoms with Crippen molar-refractivity contribution in [3.63, 3.8) is 0 Å². The quantitative estimate of drug-likeness (QED) is 0.541. The largest absolute Gasteiger partial charge is 0.353 e. The number of carbonyl (C=O) groups excluding carboxylic acids is 1. The number of rotatable bonds is 3. The van der Waals surface area contributed by atoms with Gasteiger partial charge in [0.2, 0.25) is 0 Å². The minimum atomic E-state index is -2.68. The van der Waals surface area contributed by atoms with E-state index < -0.39 is 12.9 Å². The molecule has 0 aromatic carbocycles. The van der Waals surface area contributed by atoms with E-state index in [-0.39, 0.29) is 12.1 Å². The number of aryl methyl sites for hydroxylation is 1. The van der Waals surface area contributed by atoms with Gasteiger partial charge in [0, 0.05) is 17.0 Å². The predicted molar refractivity (Wildman–Crippen MR) is 89.4 cm³/mol. The third kappa shape index (κ3) is 4.42. The number of hydrogen-bond donors (Lipinski definition) is 0. The van der Waals surface area contributed by atoms with Gasteiger partial charge in [-0.2, -0.15) is 0 Å². The van der Waals surface area contributed by atoms with E-state index in [2.05, 4.69) is 4.36 Å². The molecular formula is C12H19IN2O2S2. The van der Waals surface area contributed by atoms with E-state index in [0.717, 1.165) is 4.88 Å². The summed E-state index contributed by atoms with van der Waals surface area (Å²) < 4.78 is 17.1. The summed E-state index contributed by atoms with van der Waals surface area (Å²) in [5.41, 5.74) is 0. The highest BCUT2D eigenvalue weighted by Crippen LogP contribution is 2.28. The molecule has 19 heavy (non-hydrogen) atoms. The van der Waals surface area contributed by atoms with Crippen molar-refractivity contribution in [2.45, 2.75) is 50.9 Å². The molecule has 0 radical (unpaired) electrons. The highest BCUT2D eigenvalue weighted by molar-refractivity contribution is 14.2. The van der Waals surface area contributed by atoms with Crippen molar-refractivity contribution in [2.24, 2.45) is 4.36 Å². The van der Waals surface area contributed by atoms with Gasteiger partial charge in [-0.3, -0.25) is 0 Å². The SMILES string of the molecule is Cc1ccc([S@](=O)(I)=NC(=O)N(C(C)C)C(C)C)s1. The lowest BCUT2D eigenvalue weighted by Crippen LogP contribution is -2.40. The Hall–Kier alpha value is -0.150. The summed E-state index contributed by atoms with van der Waals surface area (Å²) in [6.45, 7) is 6.98. The lowest BCUT2D eigenvalue weighted by molar-refractivity contribution is 0.175. The molecule has 0 aliphatic carbocycles. The monoisotopic (exact) mass is 414 g/mol. The molecule has 1 heterocycles. The molecule has 0 saturated heterocycles. The van der Waals surface area contributed by atoms with Crippen LogP contribution in [0.1, 0.15) is 32.6 Å². The van der Waals surface area contributed by atoms with Gasteiger partial charge in [-0.05, 0) is 46.8 Å². The van der Waals surface area contributed by atoms with E-state index in [1.165, 1.54) is 11.3 Å². The zero-order chi connectivity index (χ0) is 14.8. The first-order valence-electron chi connectivity index (χ1n) is 6.00. The Kier molecular flexibility index (Phi) is 5.81. The van der Waals surface area contributed by atoms with Gasteiger partial charge < -0.3 is 4.90 Å². The first kappa shape index (κ1) is 16.9. The van der Waals surface area contributed by atoms with Crippen LogP contribution in [0.2, 0.25) is 0 Å². The van der Waals surface area contributed by atoms with Crippen LogP contribution in [-0.2, 0) is 6.90 Å². The number of thiophene rings is 1. The molecule has 0 N–H and O–H groups in total. The summed E-state index contributed by atoms with van der Waals surface area (Å²) in [4.78, 5) is 14.9. The zero-order valence-electron chi connectivity index (χ0n) is 11.7. The average Bonchev–Trinajstić information content (AvgIpc) is 2.62. The fraction of sp³-hybridized carbons (Fsp3) is 0.583. The Bertz CT molecular complexity index is 564. The number of hydrogen-bond acceptors (Lipinski definition) is 3. The van der Waals surface area contributed by atoms with E-state index in [4.69, 9.17) is 0 Å². The van der Waals surface area contributed by atoms with Gasteiger partial charge in [0.1, 0.15) is 11.1 Å². The van der Waals surface area contributed by atoms with Gasteiger partial charge in [-0.1, -0.05) is 0 Å². The molecule has 4 nitrogen and oxygen atoms in total. The highest BCUT2D eigenvalue weighted by atomic mass is 127. The molecular weight excluding hydrogens is 395 g/mol. The van der Waals surface area contributed by atoms with E-state index in [1.54, 1.807) is 32.2 Å². The maximum absolute atomic E-state index is 12.5. The van der Waals surface area contributed by atoms with E-state index >= 15 is 0 Å². The first-order valence-corrected chi connectivity index (χ1v) is 10.9. The number of amides is 2. The summed E-state index contributed by atoms with van der Waals surface area (Å²) in [7, 11) is 0. The third-order valence-corrected chi connectivity index (χ3v) is 8.15. The summed E-state index contributed by atoms with van der Waals surface area (Å²) in [5.74, 6) is 0. The molecule has 0 saturated carbocycles. The van der Waals surface area contributed by atoms with Crippen molar-refractivity contribution < 1.29 is 9.00 Å². The summed E-state index contributed by atoms with van der Waals surface area (Å²) >= 11 is 3.19. The fourth-order valence-corrected chi connectivity index (χ4v) is 5.66. The van der Waals surface area contributed by atoms with E-state index in [9.17, 15) is 9.00 Å². The second kappa shape index (κ2) is 6.53. The fourth-order valence-electron chi connectivity index (χ4n) is 1.78. The second-order valence-corrected chi connectivity index (χ2v) is 11.5. The Morgan fingerprint density at radius 1 is 1.32 bits per heavy atom. The number of halogens is 1. The summed E-state index contributed by atoms with van der Waals surface area (Å²) in [6, 6.07) is 3.33. The molecule has 7 heteroatoms. The van der Waals surface area contributed by atoms with Crippen molar-refractivity contribution in [3.05, 3.63) is 17.0 Å². The Morgan fingerprint density at radius 2 is 1.84 bits per heavy atom. The normalized spacial score (nSPS) is 14.5. The van der Waals surface area contributed by atoms with Crippen LogP contribution in [0.3, 0.4) is 0 Å². The number of nitrogens with zero attached hydrogens (tertiary/aromatic N) is 2. The second-order valence-electron chi connectivity index (χ2n) is 4.79. The Morgan fingerprint density at radius 3 is 2.21 bits per heavy atom. The van der Waals surface area contributed by atoms with Crippen LogP contribution in [0.4, 0.5) is 4.79 Å². The van der Waals surface area contributed by atoms with Crippen LogP contribution in [0.15, 0.2) is 20.7 Å². The molecule has 108 valence electrons. The Labute approximate surface area is 131 Å². The molecule has 1 aromatic rings. The minimum Gasteiger partial charge on any atom is -0.318 e. The summed E-state index contributed by atoms with van der Waals surface area (Å²) in [6.07, 6.45) is 0. The van der Waals surface area contributed by atoms with Crippen LogP contribution in [0.5, 0.6) is 0 Å². The molecule has 0 unspecified atom stereocenters. The van der Waals surface area contributed by atoms with Crippen LogP contribution >= 0.6 is 32.5 Å². The molecule has 2 amide bonds. The standard InChI is InChI=1S/C12H19IN2O2S2/c1-8(2)15(9(3)4)12(16)14-19(13,17)11-7-6-10(5)18-11/h6-9H,1-5H3/t19-/m0/s1. The van der Waals surface area contributed by atoms with Gasteiger partial charge >= 0.3 is 6.03 Å². The van der Waals surface area contributed by atoms with E-state index in [0.29, 0.717) is 4.21 Å². The predicted octanol–water partition coefficient (Wildman–Crippen LogP) is 4.47. The van der Waals surface area contributed by atoms with Gasteiger partial charge in [0.15, 0.2) is 0 Å². The molecule has 1 atom stereocenters. The van der Waals surface area contributed by atoms with Gasteiger partial charge in [-0.15, -0.1) is 15.7 Å². The zero-order valence-corrected chi connectivity index (χ0v) is 15.5. The van der Waals surface area contributed by atoms with Crippen molar-refractivity contribution in [1.82, 2.24) is 4.90 Å². The molecule has 0 bridgehead atoms. The van der Waals surface area contributed by atoms with Gasteiger partial charge in [0.25, 0.3) is 0 Å². The average molecular weight is 414 g/mol. The topological polar surface area (TPSA) is 49.7 Å². The van der Waals surface area contributed by atoms with Crippen molar-refractivity contribution in [3.8, 4) is 0 Å². The number of urea groups is 1. The molecule has 1 rings (SSSR count). The highest BCUT2D eigenvalue weighted by Gasteiger charge is 2.22. The van der Waals surface area contributed by atoms with Crippen molar-refractivity contribution in [1.29, 1.82) is 0 Å². The maximum Gasteiger partial charge on any atom is 0.353 e. The lowest BCUT2D eigenvalue weighted by Gasteiger charge is -2.28. The van der Waals surface area contributed by atoms with Crippen LogP contribution in [0.25, 0.3) is 0 Å². The molecule has 0 spiro atoms. The molecule has 1 aromatic heterocycles. The lowest BCUT2D eigenvalue weighted by atomic mass is 10.2. The van der Waals surface area contributed by atoms with E-state index in [1.807, 2.05) is 40.7 Å². The third-order valence-electron chi connectivity index (χ3n) is 2.49. The molecule has 0 aliphatic rings. The van der Waals surface area contributed by atoms with Crippen LogP contribution in [0, 0.1) is 6.92 Å². The smallest absolute Gasteiger partial charge is 0.318 e. The number of carbonyl (C=O) groups is 1. The van der Waals surface area contributed by atoms with Crippen LogP contribution < -0.4 is 0 Å². The summed E-state index contributed by atoms with van der Waals surface area (Å²) in [5, 5.41) is 0. The maximum atomic E-state index is 12.5. The molecule has 0 aliphatic heterocycles. The minimum absolute atomic E-state index is 0.0351. The van der Waals surface area contributed by atoms with Crippen LogP contribution in [-0.4, -0.2) is 27.2 Å². The van der Waals surface area contributed by atoms with Crippen molar-refractivity contribution in [2.75, 3.05) is 0 Å².